The van der Waals surface area contributed by atoms with Gasteiger partial charge in [0.15, 0.2) is 18.5 Å². The highest BCUT2D eigenvalue weighted by atomic mass is 16.7. The number of nitrogens with one attached hydrogen (secondary N) is 1. The molecule has 1 fully saturated rings. The van der Waals surface area contributed by atoms with Crippen molar-refractivity contribution in [3.8, 4) is 0 Å². The molecule has 1 heterocycles. The lowest BCUT2D eigenvalue weighted by atomic mass is 9.96. The third-order valence-corrected chi connectivity index (χ3v) is 3.89. The van der Waals surface area contributed by atoms with Crippen LogP contribution in [0.3, 0.4) is 0 Å². The minimum atomic E-state index is -1.22. The van der Waals surface area contributed by atoms with E-state index in [0.717, 1.165) is 13.8 Å². The molecule has 1 saturated heterocycles. The molecule has 30 heavy (non-hydrogen) atoms. The van der Waals surface area contributed by atoms with Gasteiger partial charge in [0, 0.05) is 27.7 Å². The summed E-state index contributed by atoms with van der Waals surface area (Å²) in [4.78, 5) is 57.6. The summed E-state index contributed by atoms with van der Waals surface area (Å²) < 4.78 is 31.4. The normalized spacial score (nSPS) is 25.6. The third kappa shape index (κ3) is 8.33. The first kappa shape index (κ1) is 25.3. The summed E-state index contributed by atoms with van der Waals surface area (Å²) in [5, 5.41) is 2.55. The van der Waals surface area contributed by atoms with Gasteiger partial charge in [0.1, 0.15) is 18.8 Å². The molecule has 2 unspecified atom stereocenters. The molecule has 1 N–H and O–H groups in total. The first-order valence-electron chi connectivity index (χ1n) is 9.14. The minimum absolute atomic E-state index is 0.108. The Balaban J connectivity index is 3.20. The second-order valence-corrected chi connectivity index (χ2v) is 6.42. The zero-order chi connectivity index (χ0) is 22.8. The smallest absolute Gasteiger partial charge is 0.307 e. The molecule has 0 aromatic rings. The predicted octanol–water partition coefficient (Wildman–Crippen LogP) is -0.778. The lowest BCUT2D eigenvalue weighted by molar-refractivity contribution is -0.277. The first-order valence-corrected chi connectivity index (χ1v) is 9.14. The van der Waals surface area contributed by atoms with Crippen molar-refractivity contribution >= 4 is 29.8 Å². The highest BCUT2D eigenvalue weighted by molar-refractivity contribution is 5.73. The van der Waals surface area contributed by atoms with E-state index in [1.54, 1.807) is 0 Å². The van der Waals surface area contributed by atoms with Crippen molar-refractivity contribution in [3.05, 3.63) is 0 Å². The summed E-state index contributed by atoms with van der Waals surface area (Å²) in [7, 11) is 1.22. The van der Waals surface area contributed by atoms with Gasteiger partial charge >= 0.3 is 23.9 Å². The van der Waals surface area contributed by atoms with Crippen LogP contribution < -0.4 is 5.32 Å². The molecule has 12 nitrogen and oxygen atoms in total. The average Bonchev–Trinajstić information content (AvgIpc) is 2.63. The van der Waals surface area contributed by atoms with Crippen LogP contribution in [0.2, 0.25) is 0 Å². The zero-order valence-corrected chi connectivity index (χ0v) is 17.5. The van der Waals surface area contributed by atoms with E-state index in [9.17, 15) is 24.0 Å². The Morgan fingerprint density at radius 3 is 2.00 bits per heavy atom. The number of hydrogen-bond acceptors (Lipinski definition) is 11. The van der Waals surface area contributed by atoms with Crippen molar-refractivity contribution in [1.29, 1.82) is 0 Å². The molecule has 1 rings (SSSR count). The molecule has 0 spiro atoms. The van der Waals surface area contributed by atoms with Gasteiger partial charge in [-0.25, -0.2) is 0 Å². The zero-order valence-electron chi connectivity index (χ0n) is 17.5. The maximum absolute atomic E-state index is 11.7. The van der Waals surface area contributed by atoms with Gasteiger partial charge in [-0.2, -0.15) is 0 Å². The predicted molar refractivity (Wildman–Crippen MR) is 96.6 cm³/mol. The molecule has 0 radical (unpaired) electrons. The Hall–Kier alpha value is -2.73. The Kier molecular flexibility index (Phi) is 10.2. The number of rotatable bonds is 9. The van der Waals surface area contributed by atoms with Gasteiger partial charge in [-0.1, -0.05) is 0 Å². The van der Waals surface area contributed by atoms with Crippen LogP contribution in [-0.2, 0) is 52.4 Å². The van der Waals surface area contributed by atoms with Crippen molar-refractivity contribution < 1.29 is 52.4 Å². The number of amides is 1. The van der Waals surface area contributed by atoms with Gasteiger partial charge < -0.3 is 33.7 Å². The number of hydrogen-bond donors (Lipinski definition) is 1. The van der Waals surface area contributed by atoms with Gasteiger partial charge in [-0.3, -0.25) is 24.0 Å². The van der Waals surface area contributed by atoms with Crippen molar-refractivity contribution in [1.82, 2.24) is 5.32 Å². The Morgan fingerprint density at radius 1 is 0.900 bits per heavy atom. The minimum Gasteiger partial charge on any atom is -0.469 e. The van der Waals surface area contributed by atoms with E-state index in [0.29, 0.717) is 0 Å². The van der Waals surface area contributed by atoms with Crippen LogP contribution in [0.5, 0.6) is 0 Å². The molecule has 1 amide bonds. The maximum atomic E-state index is 11.7. The highest BCUT2D eigenvalue weighted by Gasteiger charge is 2.51. The lowest BCUT2D eigenvalue weighted by Crippen LogP contribution is -2.66. The van der Waals surface area contributed by atoms with E-state index in [4.69, 9.17) is 23.7 Å². The fourth-order valence-corrected chi connectivity index (χ4v) is 2.79. The second kappa shape index (κ2) is 12.1. The van der Waals surface area contributed by atoms with Crippen LogP contribution in [0, 0.1) is 0 Å². The molecule has 0 bridgehead atoms. The van der Waals surface area contributed by atoms with Crippen molar-refractivity contribution in [2.24, 2.45) is 0 Å². The number of ether oxygens (including phenoxy) is 6. The van der Waals surface area contributed by atoms with E-state index in [1.165, 1.54) is 21.0 Å². The van der Waals surface area contributed by atoms with Crippen LogP contribution in [0.4, 0.5) is 0 Å². The van der Waals surface area contributed by atoms with Crippen LogP contribution >= 0.6 is 0 Å². The molecule has 1 aliphatic heterocycles. The average molecular weight is 433 g/mol. The Morgan fingerprint density at radius 2 is 1.50 bits per heavy atom. The van der Waals surface area contributed by atoms with Gasteiger partial charge in [0.05, 0.1) is 20.1 Å². The molecular weight excluding hydrogens is 406 g/mol. The summed E-state index contributed by atoms with van der Waals surface area (Å²) in [5.41, 5.74) is 0. The van der Waals surface area contributed by atoms with Crippen molar-refractivity contribution in [2.75, 3.05) is 20.3 Å². The van der Waals surface area contributed by atoms with E-state index in [2.05, 4.69) is 10.1 Å². The van der Waals surface area contributed by atoms with Crippen LogP contribution in [0.1, 0.15) is 34.1 Å². The molecule has 0 aromatic carbocycles. The van der Waals surface area contributed by atoms with E-state index in [1.807, 2.05) is 0 Å². The summed E-state index contributed by atoms with van der Waals surface area (Å²) in [6, 6.07) is -1.08. The Labute approximate surface area is 173 Å². The maximum Gasteiger partial charge on any atom is 0.307 e. The molecule has 12 heteroatoms. The molecule has 0 aromatic heterocycles. The summed E-state index contributed by atoms with van der Waals surface area (Å²) in [6.07, 6.45) is -4.81. The highest BCUT2D eigenvalue weighted by Crippen LogP contribution is 2.28. The van der Waals surface area contributed by atoms with Gasteiger partial charge in [0.2, 0.25) is 5.91 Å². The second-order valence-electron chi connectivity index (χ2n) is 6.42. The van der Waals surface area contributed by atoms with Crippen LogP contribution in [0.15, 0.2) is 0 Å². The largest absolute Gasteiger partial charge is 0.469 e. The number of carbonyl (C=O) groups excluding carboxylic acids is 5. The molecule has 0 aliphatic carbocycles. The van der Waals surface area contributed by atoms with E-state index >= 15 is 0 Å². The fraction of sp³-hybridized carbons (Fsp3) is 0.722. The van der Waals surface area contributed by atoms with Gasteiger partial charge in [-0.15, -0.1) is 0 Å². The molecule has 5 atom stereocenters. The monoisotopic (exact) mass is 433 g/mol. The topological polar surface area (TPSA) is 153 Å². The van der Waals surface area contributed by atoms with E-state index < -0.39 is 60.4 Å². The van der Waals surface area contributed by atoms with Gasteiger partial charge in [-0.05, 0) is 0 Å². The molecule has 0 saturated carbocycles. The number of esters is 4. The van der Waals surface area contributed by atoms with E-state index in [-0.39, 0.29) is 19.6 Å². The quantitative estimate of drug-likeness (QED) is 0.360. The molecule has 1 aliphatic rings. The summed E-state index contributed by atoms with van der Waals surface area (Å²) >= 11 is 0. The fourth-order valence-electron chi connectivity index (χ4n) is 2.79. The first-order chi connectivity index (χ1) is 14.0. The lowest BCUT2D eigenvalue weighted by Gasteiger charge is -2.44. The Bertz CT molecular complexity index is 650. The van der Waals surface area contributed by atoms with Crippen LogP contribution in [0.25, 0.3) is 0 Å². The van der Waals surface area contributed by atoms with Crippen molar-refractivity contribution in [2.45, 2.75) is 64.8 Å². The van der Waals surface area contributed by atoms with Crippen LogP contribution in [-0.4, -0.2) is 80.8 Å². The molecular formula is C18H27NO11. The summed E-state index contributed by atoms with van der Waals surface area (Å²) in [6.45, 7) is 4.20. The number of methoxy groups -OCH3 is 1. The van der Waals surface area contributed by atoms with Gasteiger partial charge in [0.25, 0.3) is 0 Å². The third-order valence-electron chi connectivity index (χ3n) is 3.89. The standard InChI is InChI=1S/C18H27NO11/c1-9(20)19-15-17(29-12(4)23)16(28-11(3)22)13(8-27-10(2)21)30-18(15)26-7-6-14(24)25-5/h13,15-18H,6-8H2,1-5H3,(H,19,20)/t13?,15?,16-,17+,18+/m0/s1. The van der Waals surface area contributed by atoms with Crippen molar-refractivity contribution in [3.63, 3.8) is 0 Å². The summed E-state index contributed by atoms with van der Waals surface area (Å²) in [5.74, 6) is -3.07. The SMILES string of the molecule is COC(=O)CCO[C@@H]1OC(COC(C)=O)[C@H](OC(C)=O)[C@H](OC(C)=O)C1NC(C)=O. The molecule has 170 valence electrons. The number of carbonyl (C=O) groups is 5.